The van der Waals surface area contributed by atoms with E-state index in [1.807, 2.05) is 6.92 Å². The molecule has 0 amide bonds. The largest absolute Gasteiger partial charge is 0.432 e. The van der Waals surface area contributed by atoms with Crippen molar-refractivity contribution in [2.24, 2.45) is 28.6 Å². The number of carbonyl (C=O) groups excluding carboxylic acids is 1. The number of rotatable bonds is 9. The quantitative estimate of drug-likeness (QED) is 0.0616. The third-order valence-electron chi connectivity index (χ3n) is 13.5. The molecule has 0 aromatic rings. The summed E-state index contributed by atoms with van der Waals surface area (Å²) in [6, 6.07) is 0. The van der Waals surface area contributed by atoms with Crippen molar-refractivity contribution in [1.82, 2.24) is 0 Å². The Morgan fingerprint density at radius 3 is 1.83 bits per heavy atom. The fourth-order valence-corrected chi connectivity index (χ4v) is 10.3. The van der Waals surface area contributed by atoms with Gasteiger partial charge >= 0.3 is 5.97 Å². The molecule has 0 spiro atoms. The molecular formula is C36H58O18. The summed E-state index contributed by atoms with van der Waals surface area (Å²) in [6.07, 6.45) is -20.0. The summed E-state index contributed by atoms with van der Waals surface area (Å²) >= 11 is 0. The minimum atomic E-state index is -1.82. The summed E-state index contributed by atoms with van der Waals surface area (Å²) in [5, 5.41) is 114. The first-order valence-electron chi connectivity index (χ1n) is 18.9. The number of aliphatic hydroxyl groups is 11. The normalized spacial score (nSPS) is 52.6. The molecule has 0 aromatic heterocycles. The molecule has 0 radical (unpaired) electrons. The third-order valence-corrected chi connectivity index (χ3v) is 13.5. The second-order valence-electron chi connectivity index (χ2n) is 16.6. The Morgan fingerprint density at radius 1 is 0.704 bits per heavy atom. The summed E-state index contributed by atoms with van der Waals surface area (Å²) in [5.74, 6) is -0.584. The molecule has 3 saturated carbocycles. The van der Waals surface area contributed by atoms with E-state index in [4.69, 9.17) is 28.4 Å². The van der Waals surface area contributed by atoms with Gasteiger partial charge in [-0.2, -0.15) is 0 Å². The average molecular weight is 779 g/mol. The van der Waals surface area contributed by atoms with E-state index in [1.165, 1.54) is 0 Å². The molecule has 310 valence electrons. The minimum absolute atomic E-state index is 0.00700. The van der Waals surface area contributed by atoms with Crippen LogP contribution in [0.4, 0.5) is 0 Å². The van der Waals surface area contributed by atoms with E-state index in [9.17, 15) is 61.0 Å². The van der Waals surface area contributed by atoms with E-state index in [1.54, 1.807) is 0 Å². The minimum Gasteiger partial charge on any atom is -0.432 e. The SMILES string of the molecule is C=C1CC2CCC3[C@](C)(C(=O)OC4OC(CO)C(O)C(O)C4O)CCC[C@@]3(C)[C@@H]2CC1OC1OC(CO)C(O)C(OC2OC(CO)C(O)C(O)C2O)C1O. The van der Waals surface area contributed by atoms with Gasteiger partial charge in [0.05, 0.1) is 31.3 Å². The Bertz CT molecular complexity index is 1320. The van der Waals surface area contributed by atoms with Gasteiger partial charge in [0.15, 0.2) is 12.6 Å². The van der Waals surface area contributed by atoms with Crippen LogP contribution < -0.4 is 0 Å². The first-order chi connectivity index (χ1) is 25.5. The first kappa shape index (κ1) is 42.2. The van der Waals surface area contributed by atoms with Gasteiger partial charge in [-0.1, -0.05) is 19.9 Å². The number of ether oxygens (including phenoxy) is 6. The summed E-state index contributed by atoms with van der Waals surface area (Å²) in [5.41, 5.74) is -0.672. The van der Waals surface area contributed by atoms with Gasteiger partial charge in [-0.15, -0.1) is 0 Å². The molecule has 21 atom stereocenters. The van der Waals surface area contributed by atoms with Crippen LogP contribution in [0.5, 0.6) is 0 Å². The van der Waals surface area contributed by atoms with Gasteiger partial charge in [0.25, 0.3) is 0 Å². The number of hydrogen-bond donors (Lipinski definition) is 11. The lowest BCUT2D eigenvalue weighted by Gasteiger charge is -2.61. The van der Waals surface area contributed by atoms with Gasteiger partial charge in [-0.3, -0.25) is 4.79 Å². The molecule has 3 saturated heterocycles. The topological polar surface area (TPSA) is 295 Å². The smallest absolute Gasteiger partial charge is 0.314 e. The molecule has 3 aliphatic carbocycles. The van der Waals surface area contributed by atoms with Crippen LogP contribution in [0.2, 0.25) is 0 Å². The number of hydrogen-bond acceptors (Lipinski definition) is 18. The zero-order chi connectivity index (χ0) is 39.4. The van der Waals surface area contributed by atoms with Gasteiger partial charge < -0.3 is 84.6 Å². The second-order valence-corrected chi connectivity index (χ2v) is 16.6. The molecule has 3 heterocycles. The highest BCUT2D eigenvalue weighted by Crippen LogP contribution is 2.64. The van der Waals surface area contributed by atoms with Crippen LogP contribution in [-0.2, 0) is 33.2 Å². The molecule has 54 heavy (non-hydrogen) atoms. The maximum Gasteiger partial charge on any atom is 0.314 e. The van der Waals surface area contributed by atoms with E-state index in [0.717, 1.165) is 18.4 Å². The van der Waals surface area contributed by atoms with Crippen LogP contribution in [0.1, 0.15) is 58.8 Å². The monoisotopic (exact) mass is 778 g/mol. The van der Waals surface area contributed by atoms with E-state index >= 15 is 0 Å². The van der Waals surface area contributed by atoms with Crippen LogP contribution in [-0.4, -0.2) is 180 Å². The van der Waals surface area contributed by atoms with E-state index in [-0.39, 0.29) is 17.8 Å². The summed E-state index contributed by atoms with van der Waals surface area (Å²) in [4.78, 5) is 14.0. The standard InChI is InChI=1S/C36H58O18/c1-14-9-15-5-6-21-35(2,7-4-8-36(21,3)34(48)54-32-28(46)26(44)23(41)19(12-38)51-32)16(15)10-17(14)49-33-29(47)30(24(42)20(13-39)52-33)53-31-27(45)25(43)22(40)18(11-37)50-31/h15-33,37-47H,1,4-13H2,2-3H3/t15?,16-,17?,18?,19?,20?,21?,22?,23?,24?,25?,26?,27?,28?,29?,30?,31?,32?,33?,35+,36-/m1/s1. The zero-order valence-electron chi connectivity index (χ0n) is 30.5. The summed E-state index contributed by atoms with van der Waals surface area (Å²) < 4.78 is 34.6. The van der Waals surface area contributed by atoms with Gasteiger partial charge in [-0.25, -0.2) is 0 Å². The number of aliphatic hydroxyl groups excluding tert-OH is 11. The van der Waals surface area contributed by atoms with Crippen molar-refractivity contribution in [2.45, 2.75) is 157 Å². The molecule has 0 aromatic carbocycles. The Hall–Kier alpha value is -1.43. The van der Waals surface area contributed by atoms with Gasteiger partial charge in [0, 0.05) is 0 Å². The lowest BCUT2D eigenvalue weighted by atomic mass is 9.44. The Kier molecular flexibility index (Phi) is 12.8. The van der Waals surface area contributed by atoms with E-state index < -0.39 is 135 Å². The lowest BCUT2D eigenvalue weighted by Crippen LogP contribution is -2.65. The van der Waals surface area contributed by atoms with Gasteiger partial charge in [-0.05, 0) is 74.2 Å². The lowest BCUT2D eigenvalue weighted by molar-refractivity contribution is -0.363. The third kappa shape index (κ3) is 7.40. The number of fused-ring (bicyclic) bond motifs is 3. The summed E-state index contributed by atoms with van der Waals surface area (Å²) in [7, 11) is 0. The Balaban J connectivity index is 1.17. The second kappa shape index (κ2) is 16.4. The molecule has 11 N–H and O–H groups in total. The van der Waals surface area contributed by atoms with Crippen LogP contribution in [0, 0.1) is 28.6 Å². The molecule has 3 aliphatic heterocycles. The van der Waals surface area contributed by atoms with Crippen LogP contribution in [0.3, 0.4) is 0 Å². The molecular weight excluding hydrogens is 720 g/mol. The fraction of sp³-hybridized carbons (Fsp3) is 0.917. The van der Waals surface area contributed by atoms with Crippen molar-refractivity contribution in [3.63, 3.8) is 0 Å². The Morgan fingerprint density at radius 2 is 1.24 bits per heavy atom. The fourth-order valence-electron chi connectivity index (χ4n) is 10.3. The molecule has 18 nitrogen and oxygen atoms in total. The van der Waals surface area contributed by atoms with Crippen molar-refractivity contribution < 1.29 is 89.4 Å². The maximum absolute atomic E-state index is 14.0. The molecule has 0 bridgehead atoms. The number of carbonyl (C=O) groups is 1. The van der Waals surface area contributed by atoms with Gasteiger partial charge in [0.1, 0.15) is 73.2 Å². The maximum atomic E-state index is 14.0. The highest BCUT2D eigenvalue weighted by atomic mass is 16.7. The first-order valence-corrected chi connectivity index (χ1v) is 18.9. The Labute approximate surface area is 312 Å². The van der Waals surface area contributed by atoms with Crippen molar-refractivity contribution in [3.05, 3.63) is 12.2 Å². The summed E-state index contributed by atoms with van der Waals surface area (Å²) in [6.45, 7) is 6.17. The van der Waals surface area contributed by atoms with Crippen molar-refractivity contribution in [2.75, 3.05) is 19.8 Å². The van der Waals surface area contributed by atoms with Crippen molar-refractivity contribution in [3.8, 4) is 0 Å². The van der Waals surface area contributed by atoms with Crippen LogP contribution >= 0.6 is 0 Å². The zero-order valence-corrected chi connectivity index (χ0v) is 30.5. The molecule has 18 heteroatoms. The van der Waals surface area contributed by atoms with Gasteiger partial charge in [0.2, 0.25) is 6.29 Å². The molecule has 18 unspecified atom stereocenters. The van der Waals surface area contributed by atoms with E-state index in [2.05, 4.69) is 13.5 Å². The molecule has 6 rings (SSSR count). The molecule has 6 aliphatic rings. The predicted octanol–water partition coefficient (Wildman–Crippen LogP) is -3.47. The highest BCUT2D eigenvalue weighted by molar-refractivity contribution is 5.77. The average Bonchev–Trinajstić information content (AvgIpc) is 3.14. The highest BCUT2D eigenvalue weighted by Gasteiger charge is 2.61. The van der Waals surface area contributed by atoms with Crippen LogP contribution in [0.25, 0.3) is 0 Å². The van der Waals surface area contributed by atoms with Crippen LogP contribution in [0.15, 0.2) is 12.2 Å². The van der Waals surface area contributed by atoms with Crippen molar-refractivity contribution in [1.29, 1.82) is 0 Å². The molecule has 6 fully saturated rings. The number of esters is 1. The van der Waals surface area contributed by atoms with Crippen molar-refractivity contribution >= 4 is 5.97 Å². The predicted molar refractivity (Wildman–Crippen MR) is 179 cm³/mol. The van der Waals surface area contributed by atoms with E-state index in [0.29, 0.717) is 32.1 Å².